The summed E-state index contributed by atoms with van der Waals surface area (Å²) in [5.74, 6) is 1.40. The first-order chi connectivity index (χ1) is 11.7. The van der Waals surface area contributed by atoms with Crippen LogP contribution >= 0.6 is 0 Å². The second kappa shape index (κ2) is 7.85. The molecule has 0 radical (unpaired) electrons. The molecule has 24 heavy (non-hydrogen) atoms. The van der Waals surface area contributed by atoms with Gasteiger partial charge in [0.25, 0.3) is 5.91 Å². The number of carbonyl (C=O) groups excluding carboxylic acids is 1. The Labute approximate surface area is 143 Å². The molecule has 3 rings (SSSR count). The number of aliphatic hydroxyl groups excluding tert-OH is 1. The van der Waals surface area contributed by atoms with Crippen LogP contribution in [0, 0.1) is 0 Å². The molecule has 0 saturated carbocycles. The van der Waals surface area contributed by atoms with Gasteiger partial charge in [0, 0.05) is 44.7 Å². The summed E-state index contributed by atoms with van der Waals surface area (Å²) in [6.45, 7) is 6.89. The molecule has 0 aromatic heterocycles. The summed E-state index contributed by atoms with van der Waals surface area (Å²) < 4.78 is 11.3. The third kappa shape index (κ3) is 3.99. The van der Waals surface area contributed by atoms with E-state index < -0.39 is 0 Å². The second-order valence-corrected chi connectivity index (χ2v) is 6.37. The summed E-state index contributed by atoms with van der Waals surface area (Å²) in [7, 11) is 0. The lowest BCUT2D eigenvalue weighted by molar-refractivity contribution is 0.0523. The fourth-order valence-corrected chi connectivity index (χ4v) is 3.04. The molecule has 2 aliphatic heterocycles. The quantitative estimate of drug-likeness (QED) is 0.901. The lowest BCUT2D eigenvalue weighted by Gasteiger charge is -2.35. The maximum atomic E-state index is 12.7. The summed E-state index contributed by atoms with van der Waals surface area (Å²) in [4.78, 5) is 16.8. The standard InChI is InChI=1S/C18H26N2O4/c1-2-15(21)13-19-6-8-20(9-7-19)18(22)14-4-5-16-17(12-14)24-11-3-10-23-16/h4-5,12,15,21H,2-3,6-11,13H2,1H3/t15-/m1/s1. The minimum atomic E-state index is -0.283. The van der Waals surface area contributed by atoms with Crippen LogP contribution in [-0.4, -0.2) is 72.9 Å². The molecule has 132 valence electrons. The van der Waals surface area contributed by atoms with Crippen LogP contribution in [0.5, 0.6) is 11.5 Å². The van der Waals surface area contributed by atoms with E-state index in [1.807, 2.05) is 24.0 Å². The second-order valence-electron chi connectivity index (χ2n) is 6.37. The van der Waals surface area contributed by atoms with E-state index in [1.54, 1.807) is 6.07 Å². The number of hydrogen-bond donors (Lipinski definition) is 1. The number of aliphatic hydroxyl groups is 1. The van der Waals surface area contributed by atoms with Crippen molar-refractivity contribution in [2.75, 3.05) is 45.9 Å². The van der Waals surface area contributed by atoms with Gasteiger partial charge in [-0.05, 0) is 24.6 Å². The molecular weight excluding hydrogens is 308 g/mol. The number of benzene rings is 1. The van der Waals surface area contributed by atoms with Crippen LogP contribution in [0.2, 0.25) is 0 Å². The predicted molar refractivity (Wildman–Crippen MR) is 90.7 cm³/mol. The van der Waals surface area contributed by atoms with Crippen molar-refractivity contribution in [3.63, 3.8) is 0 Å². The number of piperazine rings is 1. The van der Waals surface area contributed by atoms with Crippen LogP contribution in [0.15, 0.2) is 18.2 Å². The number of fused-ring (bicyclic) bond motifs is 1. The largest absolute Gasteiger partial charge is 0.490 e. The summed E-state index contributed by atoms with van der Waals surface area (Å²) >= 11 is 0. The van der Waals surface area contributed by atoms with Crippen LogP contribution < -0.4 is 9.47 Å². The van der Waals surface area contributed by atoms with Crippen LogP contribution in [0.1, 0.15) is 30.1 Å². The van der Waals surface area contributed by atoms with E-state index in [9.17, 15) is 9.90 Å². The Morgan fingerprint density at radius 3 is 2.58 bits per heavy atom. The number of ether oxygens (including phenoxy) is 2. The van der Waals surface area contributed by atoms with Gasteiger partial charge < -0.3 is 19.5 Å². The topological polar surface area (TPSA) is 62.2 Å². The van der Waals surface area contributed by atoms with Crippen LogP contribution in [0.3, 0.4) is 0 Å². The predicted octanol–water partition coefficient (Wildman–Crippen LogP) is 1.38. The van der Waals surface area contributed by atoms with Crippen molar-refractivity contribution in [1.29, 1.82) is 0 Å². The van der Waals surface area contributed by atoms with E-state index >= 15 is 0 Å². The molecule has 2 aliphatic rings. The number of amides is 1. The van der Waals surface area contributed by atoms with Gasteiger partial charge in [-0.2, -0.15) is 0 Å². The Balaban J connectivity index is 1.60. The molecule has 1 aromatic rings. The van der Waals surface area contributed by atoms with Gasteiger partial charge >= 0.3 is 0 Å². The lowest BCUT2D eigenvalue weighted by atomic mass is 10.1. The first-order valence-electron chi connectivity index (χ1n) is 8.76. The van der Waals surface area contributed by atoms with E-state index in [0.29, 0.717) is 49.9 Å². The molecule has 0 unspecified atom stereocenters. The van der Waals surface area contributed by atoms with Gasteiger partial charge in [0.15, 0.2) is 11.5 Å². The normalized spacial score (nSPS) is 19.7. The van der Waals surface area contributed by atoms with Crippen molar-refractivity contribution in [2.24, 2.45) is 0 Å². The minimum absolute atomic E-state index is 0.0290. The molecule has 0 aliphatic carbocycles. The van der Waals surface area contributed by atoms with Crippen LogP contribution in [0.4, 0.5) is 0 Å². The number of hydrogen-bond acceptors (Lipinski definition) is 5. The van der Waals surface area contributed by atoms with Gasteiger partial charge in [-0.25, -0.2) is 0 Å². The van der Waals surface area contributed by atoms with Crippen molar-refractivity contribution >= 4 is 5.91 Å². The van der Waals surface area contributed by atoms with Gasteiger partial charge in [-0.15, -0.1) is 0 Å². The highest BCUT2D eigenvalue weighted by Crippen LogP contribution is 2.30. The summed E-state index contributed by atoms with van der Waals surface area (Å²) in [5, 5.41) is 9.75. The molecule has 1 amide bonds. The molecule has 0 bridgehead atoms. The maximum Gasteiger partial charge on any atom is 0.254 e. The Morgan fingerprint density at radius 2 is 1.88 bits per heavy atom. The van der Waals surface area contributed by atoms with E-state index in [2.05, 4.69) is 4.90 Å². The fourth-order valence-electron chi connectivity index (χ4n) is 3.04. The Bertz CT molecular complexity index is 570. The van der Waals surface area contributed by atoms with Crippen molar-refractivity contribution < 1.29 is 19.4 Å². The van der Waals surface area contributed by atoms with E-state index in [0.717, 1.165) is 25.9 Å². The third-order valence-electron chi connectivity index (χ3n) is 4.59. The van der Waals surface area contributed by atoms with Crippen molar-refractivity contribution in [2.45, 2.75) is 25.9 Å². The summed E-state index contributed by atoms with van der Waals surface area (Å²) in [6.07, 6.45) is 1.33. The molecule has 6 nitrogen and oxygen atoms in total. The molecule has 2 heterocycles. The van der Waals surface area contributed by atoms with Gasteiger partial charge in [-0.3, -0.25) is 9.69 Å². The minimum Gasteiger partial charge on any atom is -0.490 e. The zero-order valence-corrected chi connectivity index (χ0v) is 14.2. The van der Waals surface area contributed by atoms with Gasteiger partial charge in [0.1, 0.15) is 0 Å². The van der Waals surface area contributed by atoms with E-state index in [-0.39, 0.29) is 12.0 Å². The number of rotatable bonds is 4. The van der Waals surface area contributed by atoms with Crippen molar-refractivity contribution in [1.82, 2.24) is 9.80 Å². The van der Waals surface area contributed by atoms with Crippen molar-refractivity contribution in [3.05, 3.63) is 23.8 Å². The Kier molecular flexibility index (Phi) is 5.58. The van der Waals surface area contributed by atoms with Crippen LogP contribution in [0.25, 0.3) is 0 Å². The smallest absolute Gasteiger partial charge is 0.254 e. The SMILES string of the molecule is CC[C@@H](O)CN1CCN(C(=O)c2ccc3c(c2)OCCCO3)CC1. The zero-order valence-electron chi connectivity index (χ0n) is 14.2. The summed E-state index contributed by atoms with van der Waals surface area (Å²) in [6, 6.07) is 5.42. The monoisotopic (exact) mass is 334 g/mol. The maximum absolute atomic E-state index is 12.7. The summed E-state index contributed by atoms with van der Waals surface area (Å²) in [5.41, 5.74) is 0.640. The number of β-amino-alcohol motifs (C(OH)–C–C–N with tert-alkyl or cyclic N) is 1. The molecule has 6 heteroatoms. The first kappa shape index (κ1) is 17.0. The Hall–Kier alpha value is -1.79. The first-order valence-corrected chi connectivity index (χ1v) is 8.76. The van der Waals surface area contributed by atoms with Gasteiger partial charge in [-0.1, -0.05) is 6.92 Å². The Morgan fingerprint density at radius 1 is 1.17 bits per heavy atom. The highest BCUT2D eigenvalue weighted by atomic mass is 16.5. The average molecular weight is 334 g/mol. The number of nitrogens with zero attached hydrogens (tertiary/aromatic N) is 2. The van der Waals surface area contributed by atoms with Gasteiger partial charge in [0.2, 0.25) is 0 Å². The zero-order chi connectivity index (χ0) is 16.9. The van der Waals surface area contributed by atoms with E-state index in [1.165, 1.54) is 0 Å². The molecule has 1 saturated heterocycles. The highest BCUT2D eigenvalue weighted by molar-refractivity contribution is 5.95. The average Bonchev–Trinajstić information content (AvgIpc) is 2.86. The fraction of sp³-hybridized carbons (Fsp3) is 0.611. The third-order valence-corrected chi connectivity index (χ3v) is 4.59. The van der Waals surface area contributed by atoms with Gasteiger partial charge in [0.05, 0.1) is 19.3 Å². The number of carbonyl (C=O) groups is 1. The molecule has 1 aromatic carbocycles. The van der Waals surface area contributed by atoms with Crippen molar-refractivity contribution in [3.8, 4) is 11.5 Å². The molecule has 1 atom stereocenters. The molecule has 0 spiro atoms. The molecule has 1 N–H and O–H groups in total. The highest BCUT2D eigenvalue weighted by Gasteiger charge is 2.24. The molecule has 1 fully saturated rings. The molecular formula is C18H26N2O4. The lowest BCUT2D eigenvalue weighted by Crippen LogP contribution is -2.50. The van der Waals surface area contributed by atoms with E-state index in [4.69, 9.17) is 9.47 Å². The van der Waals surface area contributed by atoms with Crippen LogP contribution in [-0.2, 0) is 0 Å².